The van der Waals surface area contributed by atoms with Gasteiger partial charge in [-0.3, -0.25) is 10.1 Å². The molecule has 0 radical (unpaired) electrons. The summed E-state index contributed by atoms with van der Waals surface area (Å²) in [6.07, 6.45) is 0. The van der Waals surface area contributed by atoms with Crippen LogP contribution in [0.5, 0.6) is 11.5 Å². The lowest BCUT2D eigenvalue weighted by Gasteiger charge is -2.19. The molecule has 0 fully saturated rings. The fourth-order valence-corrected chi connectivity index (χ4v) is 2.30. The molecule has 2 aromatic carbocycles. The van der Waals surface area contributed by atoms with Crippen molar-refractivity contribution < 1.29 is 14.4 Å². The second-order valence-corrected chi connectivity index (χ2v) is 4.93. The second kappa shape index (κ2) is 6.23. The van der Waals surface area contributed by atoms with E-state index in [2.05, 4.69) is 5.32 Å². The molecule has 7 nitrogen and oxygen atoms in total. The Morgan fingerprint density at radius 1 is 1.17 bits per heavy atom. The van der Waals surface area contributed by atoms with Gasteiger partial charge in [-0.1, -0.05) is 6.07 Å². The van der Waals surface area contributed by atoms with Crippen LogP contribution in [0.4, 0.5) is 11.4 Å². The van der Waals surface area contributed by atoms with Crippen molar-refractivity contribution in [3.8, 4) is 17.6 Å². The second-order valence-electron chi connectivity index (χ2n) is 4.93. The maximum absolute atomic E-state index is 11.1. The molecule has 0 aromatic heterocycles. The lowest BCUT2D eigenvalue weighted by atomic mass is 10.1. The lowest BCUT2D eigenvalue weighted by Crippen LogP contribution is -2.15. The molecule has 0 saturated carbocycles. The van der Waals surface area contributed by atoms with Crippen LogP contribution in [0.25, 0.3) is 0 Å². The van der Waals surface area contributed by atoms with Gasteiger partial charge < -0.3 is 14.8 Å². The molecule has 1 heterocycles. The Bertz CT molecular complexity index is 798. The van der Waals surface area contributed by atoms with E-state index in [1.54, 1.807) is 6.07 Å². The number of nitro benzene ring substituents is 1. The molecule has 0 amide bonds. The Hall–Kier alpha value is -3.27. The number of nitrogens with zero attached hydrogens (tertiary/aromatic N) is 2. The van der Waals surface area contributed by atoms with Crippen molar-refractivity contribution in [1.29, 1.82) is 5.26 Å². The number of nitriles is 1. The van der Waals surface area contributed by atoms with Crippen LogP contribution in [0, 0.1) is 21.4 Å². The minimum atomic E-state index is -0.507. The van der Waals surface area contributed by atoms with Gasteiger partial charge in [0.1, 0.15) is 18.9 Å². The average Bonchev–Trinajstić information content (AvgIpc) is 2.59. The number of ether oxygens (including phenoxy) is 2. The number of nitrogens with one attached hydrogen (secondary N) is 1. The highest BCUT2D eigenvalue weighted by Gasteiger charge is 2.15. The third kappa shape index (κ3) is 3.16. The maximum atomic E-state index is 11.1. The highest BCUT2D eigenvalue weighted by molar-refractivity contribution is 5.64. The Balaban J connectivity index is 1.78. The molecule has 1 aliphatic heterocycles. The van der Waals surface area contributed by atoms with E-state index in [9.17, 15) is 10.1 Å². The third-order valence-corrected chi connectivity index (χ3v) is 3.41. The van der Waals surface area contributed by atoms with Gasteiger partial charge in [-0.2, -0.15) is 5.26 Å². The Morgan fingerprint density at radius 2 is 1.96 bits per heavy atom. The molecule has 7 heteroatoms. The molecule has 116 valence electrons. The summed E-state index contributed by atoms with van der Waals surface area (Å²) < 4.78 is 11.0. The summed E-state index contributed by atoms with van der Waals surface area (Å²) in [5, 5.41) is 23.0. The highest BCUT2D eigenvalue weighted by Crippen LogP contribution is 2.31. The third-order valence-electron chi connectivity index (χ3n) is 3.41. The van der Waals surface area contributed by atoms with Crippen LogP contribution in [0.1, 0.15) is 11.1 Å². The minimum Gasteiger partial charge on any atom is -0.486 e. The summed E-state index contributed by atoms with van der Waals surface area (Å²) in [7, 11) is 0. The highest BCUT2D eigenvalue weighted by atomic mass is 16.6. The summed E-state index contributed by atoms with van der Waals surface area (Å²) >= 11 is 0. The fourth-order valence-electron chi connectivity index (χ4n) is 2.30. The predicted molar refractivity (Wildman–Crippen MR) is 82.6 cm³/mol. The van der Waals surface area contributed by atoms with Crippen molar-refractivity contribution in [3.05, 3.63) is 57.6 Å². The van der Waals surface area contributed by atoms with E-state index < -0.39 is 4.92 Å². The van der Waals surface area contributed by atoms with Crippen molar-refractivity contribution >= 4 is 11.4 Å². The van der Waals surface area contributed by atoms with Crippen LogP contribution in [0.15, 0.2) is 36.4 Å². The van der Waals surface area contributed by atoms with Gasteiger partial charge in [0.2, 0.25) is 0 Å². The van der Waals surface area contributed by atoms with Gasteiger partial charge in [0.25, 0.3) is 5.69 Å². The number of anilines is 1. The van der Waals surface area contributed by atoms with E-state index >= 15 is 0 Å². The van der Waals surface area contributed by atoms with E-state index in [0.717, 1.165) is 5.56 Å². The van der Waals surface area contributed by atoms with Crippen molar-refractivity contribution in [2.24, 2.45) is 0 Å². The van der Waals surface area contributed by atoms with Gasteiger partial charge in [0, 0.05) is 12.6 Å². The first-order valence-corrected chi connectivity index (χ1v) is 6.98. The Labute approximate surface area is 132 Å². The summed E-state index contributed by atoms with van der Waals surface area (Å²) in [6.45, 7) is 1.43. The van der Waals surface area contributed by atoms with Crippen molar-refractivity contribution in [1.82, 2.24) is 0 Å². The Kier molecular flexibility index (Phi) is 3.97. The van der Waals surface area contributed by atoms with Gasteiger partial charge >= 0.3 is 0 Å². The van der Waals surface area contributed by atoms with Crippen LogP contribution in [0.2, 0.25) is 0 Å². The zero-order valence-corrected chi connectivity index (χ0v) is 12.1. The van der Waals surface area contributed by atoms with E-state index in [1.807, 2.05) is 24.3 Å². The molecule has 0 aliphatic carbocycles. The van der Waals surface area contributed by atoms with E-state index in [1.165, 1.54) is 12.1 Å². The van der Waals surface area contributed by atoms with Gasteiger partial charge in [0.15, 0.2) is 11.5 Å². The quantitative estimate of drug-likeness (QED) is 0.688. The molecular weight excluding hydrogens is 298 g/mol. The van der Waals surface area contributed by atoms with E-state index in [-0.39, 0.29) is 11.3 Å². The van der Waals surface area contributed by atoms with Gasteiger partial charge in [-0.15, -0.1) is 0 Å². The molecule has 0 atom stereocenters. The number of hydrogen-bond acceptors (Lipinski definition) is 6. The fraction of sp³-hybridized carbons (Fsp3) is 0.188. The number of fused-ring (bicyclic) bond motifs is 1. The summed E-state index contributed by atoms with van der Waals surface area (Å²) in [5.74, 6) is 1.37. The van der Waals surface area contributed by atoms with Gasteiger partial charge in [0.05, 0.1) is 16.6 Å². The van der Waals surface area contributed by atoms with Crippen molar-refractivity contribution in [2.75, 3.05) is 18.5 Å². The monoisotopic (exact) mass is 311 g/mol. The van der Waals surface area contributed by atoms with Crippen LogP contribution >= 0.6 is 0 Å². The SMILES string of the molecule is N#Cc1ccc(NCc2ccc3c(c2)OCCO3)c([N+](=O)[O-])c1. The topological polar surface area (TPSA) is 97.4 Å². The van der Waals surface area contributed by atoms with Crippen LogP contribution in [-0.4, -0.2) is 18.1 Å². The molecule has 0 spiro atoms. The summed E-state index contributed by atoms with van der Waals surface area (Å²) in [6, 6.07) is 11.8. The van der Waals surface area contributed by atoms with Crippen LogP contribution in [0.3, 0.4) is 0 Å². The minimum absolute atomic E-state index is 0.124. The van der Waals surface area contributed by atoms with Gasteiger partial charge in [-0.05, 0) is 29.8 Å². The first-order chi connectivity index (χ1) is 11.2. The van der Waals surface area contributed by atoms with Crippen LogP contribution in [-0.2, 0) is 6.54 Å². The Morgan fingerprint density at radius 3 is 2.70 bits per heavy atom. The predicted octanol–water partition coefficient (Wildman–Crippen LogP) is 2.85. The molecule has 1 N–H and O–H groups in total. The largest absolute Gasteiger partial charge is 0.486 e. The molecule has 0 bridgehead atoms. The average molecular weight is 311 g/mol. The first-order valence-electron chi connectivity index (χ1n) is 6.98. The first kappa shape index (κ1) is 14.7. The van der Waals surface area contributed by atoms with Crippen molar-refractivity contribution in [2.45, 2.75) is 6.54 Å². The molecule has 23 heavy (non-hydrogen) atoms. The zero-order chi connectivity index (χ0) is 16.2. The standard InChI is InChI=1S/C16H13N3O4/c17-9-11-1-3-13(14(7-11)19(20)21)18-10-12-2-4-15-16(8-12)23-6-5-22-15/h1-4,7-8,18H,5-6,10H2. The lowest BCUT2D eigenvalue weighted by molar-refractivity contribution is -0.384. The maximum Gasteiger partial charge on any atom is 0.293 e. The summed E-state index contributed by atoms with van der Waals surface area (Å²) in [4.78, 5) is 10.6. The normalized spacial score (nSPS) is 12.3. The molecule has 1 aliphatic rings. The number of hydrogen-bond donors (Lipinski definition) is 1. The summed E-state index contributed by atoms with van der Waals surface area (Å²) in [5.41, 5.74) is 1.40. The van der Waals surface area contributed by atoms with Crippen LogP contribution < -0.4 is 14.8 Å². The molecule has 3 rings (SSSR count). The number of benzene rings is 2. The number of nitro groups is 1. The molecular formula is C16H13N3O4. The molecule has 0 saturated heterocycles. The zero-order valence-electron chi connectivity index (χ0n) is 12.1. The van der Waals surface area contributed by atoms with E-state index in [0.29, 0.717) is 36.9 Å². The van der Waals surface area contributed by atoms with Gasteiger partial charge in [-0.25, -0.2) is 0 Å². The molecule has 0 unspecified atom stereocenters. The number of rotatable bonds is 4. The smallest absolute Gasteiger partial charge is 0.293 e. The van der Waals surface area contributed by atoms with E-state index in [4.69, 9.17) is 14.7 Å². The molecule has 2 aromatic rings. The van der Waals surface area contributed by atoms with Crippen molar-refractivity contribution in [3.63, 3.8) is 0 Å².